The summed E-state index contributed by atoms with van der Waals surface area (Å²) in [6, 6.07) is 14.5. The van der Waals surface area contributed by atoms with Gasteiger partial charge in [-0.15, -0.1) is 0 Å². The summed E-state index contributed by atoms with van der Waals surface area (Å²) in [6.45, 7) is -0.216. The van der Waals surface area contributed by atoms with Crippen molar-refractivity contribution in [3.05, 3.63) is 94.5 Å². The minimum absolute atomic E-state index is 0.00281. The minimum Gasteiger partial charge on any atom is -0.481 e. The second-order valence-electron chi connectivity index (χ2n) is 8.33. The highest BCUT2D eigenvalue weighted by Gasteiger charge is 2.36. The number of carbonyl (C=O) groups excluding carboxylic acids is 1. The molecule has 0 aliphatic carbocycles. The molecule has 0 saturated carbocycles. The number of carboxylic acids is 1. The van der Waals surface area contributed by atoms with E-state index in [9.17, 15) is 41.0 Å². The molecule has 0 fully saturated rings. The van der Waals surface area contributed by atoms with Gasteiger partial charge in [0.1, 0.15) is 6.61 Å². The van der Waals surface area contributed by atoms with Gasteiger partial charge in [-0.3, -0.25) is 9.59 Å². The van der Waals surface area contributed by atoms with Crippen LogP contribution < -0.4 is 5.32 Å². The van der Waals surface area contributed by atoms with E-state index in [0.29, 0.717) is 0 Å². The fourth-order valence-electron chi connectivity index (χ4n) is 3.84. The van der Waals surface area contributed by atoms with Crippen molar-refractivity contribution in [1.82, 2.24) is 5.32 Å². The Bertz CT molecular complexity index is 1260. The van der Waals surface area contributed by atoms with Crippen LogP contribution in [-0.2, 0) is 46.3 Å². The summed E-state index contributed by atoms with van der Waals surface area (Å²) in [4.78, 5) is 23.5. The molecule has 0 unspecified atom stereocenters. The van der Waals surface area contributed by atoms with Crippen LogP contribution in [0.1, 0.15) is 34.2 Å². The largest absolute Gasteiger partial charge is 0.481 e. The summed E-state index contributed by atoms with van der Waals surface area (Å²) >= 11 is 0. The molecule has 0 saturated heterocycles. The number of aliphatic carboxylic acids is 1. The molecule has 3 aromatic carbocycles. The zero-order chi connectivity index (χ0) is 27.9. The Morgan fingerprint density at radius 2 is 1.47 bits per heavy atom. The van der Waals surface area contributed by atoms with Crippen LogP contribution in [0, 0.1) is 0 Å². The van der Waals surface area contributed by atoms with E-state index in [-0.39, 0.29) is 42.8 Å². The van der Waals surface area contributed by atoms with Crippen LogP contribution >= 0.6 is 0 Å². The van der Waals surface area contributed by atoms with E-state index in [2.05, 4.69) is 5.32 Å². The molecule has 11 heteroatoms. The number of carboxylic acid groups (broad SMARTS) is 1. The van der Waals surface area contributed by atoms with Gasteiger partial charge in [0, 0.05) is 13.1 Å². The quantitative estimate of drug-likeness (QED) is 0.181. The van der Waals surface area contributed by atoms with Gasteiger partial charge in [0.05, 0.1) is 24.0 Å². The Hall–Kier alpha value is -3.86. The number of hydrogen-bond donors (Lipinski definition) is 2. The standard InChI is InChI=1S/C27H23F6NO4/c28-26(29,30)19-8-6-18(7-9-19)20-10-11-23(27(31,32)33)21(14-24(35)36)22(20)15-34-13-12-25(37)38-16-17-4-2-1-3-5-17/h1-11,34H,12-16H2,(H,35,36). The van der Waals surface area contributed by atoms with Gasteiger partial charge in [0.25, 0.3) is 0 Å². The summed E-state index contributed by atoms with van der Waals surface area (Å²) < 4.78 is 85.2. The molecule has 38 heavy (non-hydrogen) atoms. The lowest BCUT2D eigenvalue weighted by Crippen LogP contribution is -2.22. The summed E-state index contributed by atoms with van der Waals surface area (Å²) in [6.07, 6.45) is -10.5. The first kappa shape index (κ1) is 28.7. The Balaban J connectivity index is 1.84. The molecular formula is C27H23F6NO4. The smallest absolute Gasteiger partial charge is 0.416 e. The van der Waals surface area contributed by atoms with Crippen molar-refractivity contribution in [1.29, 1.82) is 0 Å². The van der Waals surface area contributed by atoms with Gasteiger partial charge in [-0.1, -0.05) is 48.5 Å². The summed E-state index contributed by atoms with van der Waals surface area (Å²) in [5.41, 5.74) is -1.56. The molecule has 5 nitrogen and oxygen atoms in total. The van der Waals surface area contributed by atoms with Crippen molar-refractivity contribution in [3.63, 3.8) is 0 Å². The Morgan fingerprint density at radius 1 is 0.816 bits per heavy atom. The molecule has 0 aliphatic heterocycles. The van der Waals surface area contributed by atoms with Gasteiger partial charge >= 0.3 is 24.3 Å². The Kier molecular flexibility index (Phi) is 9.16. The number of alkyl halides is 6. The van der Waals surface area contributed by atoms with Crippen LogP contribution in [0.3, 0.4) is 0 Å². The molecular weight excluding hydrogens is 516 g/mol. The lowest BCUT2D eigenvalue weighted by molar-refractivity contribution is -0.145. The Morgan fingerprint density at radius 3 is 2.05 bits per heavy atom. The third-order valence-electron chi connectivity index (χ3n) is 5.64. The van der Waals surface area contributed by atoms with Gasteiger partial charge in [-0.25, -0.2) is 0 Å². The molecule has 3 aromatic rings. The van der Waals surface area contributed by atoms with Crippen LogP contribution in [0.15, 0.2) is 66.7 Å². The normalized spacial score (nSPS) is 11.8. The summed E-state index contributed by atoms with van der Waals surface area (Å²) in [7, 11) is 0. The molecule has 0 radical (unpaired) electrons. The zero-order valence-corrected chi connectivity index (χ0v) is 19.8. The number of ether oxygens (including phenoxy) is 1. The third-order valence-corrected chi connectivity index (χ3v) is 5.64. The van der Waals surface area contributed by atoms with Crippen molar-refractivity contribution >= 4 is 11.9 Å². The molecule has 202 valence electrons. The average molecular weight is 539 g/mol. The second-order valence-corrected chi connectivity index (χ2v) is 8.33. The first-order valence-corrected chi connectivity index (χ1v) is 11.4. The van der Waals surface area contributed by atoms with Crippen LogP contribution in [0.2, 0.25) is 0 Å². The van der Waals surface area contributed by atoms with Crippen LogP contribution in [0.5, 0.6) is 0 Å². The van der Waals surface area contributed by atoms with E-state index < -0.39 is 47.4 Å². The molecule has 0 heterocycles. The Labute approximate surface area is 214 Å². The van der Waals surface area contributed by atoms with Crippen molar-refractivity contribution in [3.8, 4) is 11.1 Å². The maximum atomic E-state index is 13.7. The fourth-order valence-corrected chi connectivity index (χ4v) is 3.84. The van der Waals surface area contributed by atoms with Gasteiger partial charge in [-0.05, 0) is 46.0 Å². The third kappa shape index (κ3) is 7.82. The van der Waals surface area contributed by atoms with E-state index in [0.717, 1.165) is 42.0 Å². The van der Waals surface area contributed by atoms with Gasteiger partial charge in [-0.2, -0.15) is 26.3 Å². The summed E-state index contributed by atoms with van der Waals surface area (Å²) in [5.74, 6) is -2.06. The number of halogens is 6. The number of benzene rings is 3. The monoisotopic (exact) mass is 539 g/mol. The second kappa shape index (κ2) is 12.1. The minimum atomic E-state index is -4.86. The molecule has 0 spiro atoms. The van der Waals surface area contributed by atoms with Gasteiger partial charge < -0.3 is 15.2 Å². The predicted molar refractivity (Wildman–Crippen MR) is 126 cm³/mol. The fraction of sp³-hybridized carbons (Fsp3) is 0.259. The summed E-state index contributed by atoms with van der Waals surface area (Å²) in [5, 5.41) is 12.1. The van der Waals surface area contributed by atoms with Crippen LogP contribution in [0.25, 0.3) is 11.1 Å². The highest BCUT2D eigenvalue weighted by Crippen LogP contribution is 2.38. The van der Waals surface area contributed by atoms with Crippen molar-refractivity contribution < 1.29 is 45.8 Å². The molecule has 0 aromatic heterocycles. The van der Waals surface area contributed by atoms with Crippen molar-refractivity contribution in [2.75, 3.05) is 6.54 Å². The topological polar surface area (TPSA) is 75.6 Å². The zero-order valence-electron chi connectivity index (χ0n) is 19.8. The van der Waals surface area contributed by atoms with Gasteiger partial charge in [0.2, 0.25) is 0 Å². The maximum Gasteiger partial charge on any atom is 0.416 e. The lowest BCUT2D eigenvalue weighted by Gasteiger charge is -2.20. The van der Waals surface area contributed by atoms with Gasteiger partial charge in [0.15, 0.2) is 0 Å². The number of rotatable bonds is 10. The highest BCUT2D eigenvalue weighted by molar-refractivity contribution is 5.76. The van der Waals surface area contributed by atoms with E-state index in [1.807, 2.05) is 0 Å². The molecule has 0 bridgehead atoms. The molecule has 2 N–H and O–H groups in total. The molecule has 0 amide bonds. The SMILES string of the molecule is O=C(O)Cc1c(C(F)(F)F)ccc(-c2ccc(C(F)(F)F)cc2)c1CNCCC(=O)OCc1ccccc1. The molecule has 0 atom stereocenters. The molecule has 3 rings (SSSR count). The van der Waals surface area contributed by atoms with E-state index in [1.165, 1.54) is 0 Å². The van der Waals surface area contributed by atoms with E-state index in [1.54, 1.807) is 30.3 Å². The molecule has 0 aliphatic rings. The maximum absolute atomic E-state index is 13.7. The van der Waals surface area contributed by atoms with Crippen LogP contribution in [0.4, 0.5) is 26.3 Å². The van der Waals surface area contributed by atoms with E-state index in [4.69, 9.17) is 4.74 Å². The number of nitrogens with one attached hydrogen (secondary N) is 1. The van der Waals surface area contributed by atoms with Crippen molar-refractivity contribution in [2.45, 2.75) is 38.3 Å². The first-order valence-electron chi connectivity index (χ1n) is 11.4. The predicted octanol–water partition coefficient (Wildman–Crippen LogP) is 6.24. The first-order chi connectivity index (χ1) is 17.9. The van der Waals surface area contributed by atoms with Crippen molar-refractivity contribution in [2.24, 2.45) is 0 Å². The number of carbonyl (C=O) groups is 2. The average Bonchev–Trinajstić information content (AvgIpc) is 2.85. The van der Waals surface area contributed by atoms with E-state index >= 15 is 0 Å². The number of esters is 1. The highest BCUT2D eigenvalue weighted by atomic mass is 19.4. The lowest BCUT2D eigenvalue weighted by atomic mass is 9.89. The van der Waals surface area contributed by atoms with Crippen LogP contribution in [-0.4, -0.2) is 23.6 Å². The number of hydrogen-bond acceptors (Lipinski definition) is 4.